The molecule has 1 fully saturated rings. The second-order valence-corrected chi connectivity index (χ2v) is 7.28. The zero-order chi connectivity index (χ0) is 26.1. The fourth-order valence-corrected chi connectivity index (χ4v) is 3.53. The van der Waals surface area contributed by atoms with Crippen LogP contribution in [0.3, 0.4) is 0 Å². The number of aldehydes is 1. The Bertz CT molecular complexity index is 825. The smallest absolute Gasteiger partial charge is 0.366 e. The van der Waals surface area contributed by atoms with E-state index < -0.39 is 72.5 Å². The lowest BCUT2D eigenvalue weighted by molar-refractivity contribution is -0.305. The molecule has 190 valence electrons. The Morgan fingerprint density at radius 1 is 1.00 bits per heavy atom. The van der Waals surface area contributed by atoms with Crippen LogP contribution >= 0.6 is 0 Å². The fraction of sp³-hybridized carbons (Fsp3) is 0.619. The minimum Gasteiger partial charge on any atom is -0.465 e. The molecule has 13 nitrogen and oxygen atoms in total. The van der Waals surface area contributed by atoms with E-state index in [1.165, 1.54) is 6.92 Å². The van der Waals surface area contributed by atoms with Gasteiger partial charge < -0.3 is 33.7 Å². The maximum atomic E-state index is 12.6. The number of carbonyl (C=O) groups is 6. The minimum atomic E-state index is -2.15. The van der Waals surface area contributed by atoms with E-state index in [0.717, 1.165) is 47.1 Å². The highest BCUT2D eigenvalue weighted by molar-refractivity contribution is 5.79. The Kier molecular flexibility index (Phi) is 10.8. The summed E-state index contributed by atoms with van der Waals surface area (Å²) >= 11 is 0. The third-order valence-corrected chi connectivity index (χ3v) is 4.70. The number of rotatable bonds is 10. The molecule has 1 saturated heterocycles. The average molecular weight is 487 g/mol. The van der Waals surface area contributed by atoms with Crippen molar-refractivity contribution in [2.24, 2.45) is 0 Å². The van der Waals surface area contributed by atoms with E-state index in [-0.39, 0.29) is 0 Å². The summed E-state index contributed by atoms with van der Waals surface area (Å²) in [6.07, 6.45) is -3.55. The number of esters is 4. The van der Waals surface area contributed by atoms with Gasteiger partial charge in [0.25, 0.3) is 5.79 Å². The highest BCUT2D eigenvalue weighted by Crippen LogP contribution is 2.36. The van der Waals surface area contributed by atoms with Gasteiger partial charge in [-0.2, -0.15) is 0 Å². The first-order chi connectivity index (χ1) is 15.9. The van der Waals surface area contributed by atoms with Crippen molar-refractivity contribution in [3.05, 3.63) is 12.2 Å². The van der Waals surface area contributed by atoms with Crippen molar-refractivity contribution in [3.8, 4) is 0 Å². The summed E-state index contributed by atoms with van der Waals surface area (Å²) in [5, 5.41) is 2.55. The molecule has 1 heterocycles. The minimum absolute atomic E-state index is 0.393. The number of hydrogen-bond acceptors (Lipinski definition) is 12. The van der Waals surface area contributed by atoms with Gasteiger partial charge in [-0.25, -0.2) is 4.79 Å². The molecule has 1 N–H and O–H groups in total. The Morgan fingerprint density at radius 3 is 2.06 bits per heavy atom. The van der Waals surface area contributed by atoms with Crippen molar-refractivity contribution in [1.82, 2.24) is 5.32 Å². The van der Waals surface area contributed by atoms with Crippen LogP contribution in [0.1, 0.15) is 34.1 Å². The number of methoxy groups -OCH3 is 2. The zero-order valence-electron chi connectivity index (χ0n) is 19.7. The molecule has 1 aliphatic rings. The summed E-state index contributed by atoms with van der Waals surface area (Å²) in [7, 11) is 2.20. The molecule has 0 aromatic heterocycles. The van der Waals surface area contributed by atoms with Crippen molar-refractivity contribution in [1.29, 1.82) is 0 Å². The van der Waals surface area contributed by atoms with Gasteiger partial charge in [-0.05, 0) is 12.2 Å². The van der Waals surface area contributed by atoms with Gasteiger partial charge in [-0.15, -0.1) is 0 Å². The molecule has 0 unspecified atom stereocenters. The number of carbonyl (C=O) groups excluding carboxylic acids is 6. The SMILES string of the molecule is COC(=O)[C@]1(OC)C[C@H](OC(C)=O)[C@@H](NC(C)=O)[C@H]([C@H](OC(C)=O)[C@@H](/C=C/C=O)OC(C)=O)O1. The quantitative estimate of drug-likeness (QED) is 0.179. The second kappa shape index (κ2) is 12.8. The van der Waals surface area contributed by atoms with Crippen molar-refractivity contribution in [3.63, 3.8) is 0 Å². The van der Waals surface area contributed by atoms with Crippen LogP contribution in [0.5, 0.6) is 0 Å². The molecule has 0 saturated carbocycles. The number of allylic oxidation sites excluding steroid dienone is 1. The molecule has 1 rings (SSSR count). The van der Waals surface area contributed by atoms with Crippen LogP contribution in [0.2, 0.25) is 0 Å². The van der Waals surface area contributed by atoms with Crippen LogP contribution in [0.4, 0.5) is 0 Å². The number of ether oxygens (including phenoxy) is 6. The molecule has 0 spiro atoms. The topological polar surface area (TPSA) is 170 Å². The summed E-state index contributed by atoms with van der Waals surface area (Å²) in [5.74, 6) is -6.13. The third kappa shape index (κ3) is 7.63. The van der Waals surface area contributed by atoms with Crippen molar-refractivity contribution in [2.75, 3.05) is 14.2 Å². The van der Waals surface area contributed by atoms with Gasteiger partial charge in [-0.1, -0.05) is 0 Å². The molecule has 1 amide bonds. The number of hydrogen-bond donors (Lipinski definition) is 1. The first-order valence-electron chi connectivity index (χ1n) is 10.1. The molecule has 34 heavy (non-hydrogen) atoms. The van der Waals surface area contributed by atoms with Crippen molar-refractivity contribution < 1.29 is 57.2 Å². The van der Waals surface area contributed by atoms with Gasteiger partial charge in [-0.3, -0.25) is 24.0 Å². The molecule has 1 aliphatic heterocycles. The molecule has 0 bridgehead atoms. The molecule has 6 atom stereocenters. The van der Waals surface area contributed by atoms with Crippen LogP contribution in [0.15, 0.2) is 12.2 Å². The summed E-state index contributed by atoms with van der Waals surface area (Å²) < 4.78 is 31.9. The number of amides is 1. The Morgan fingerprint density at radius 2 is 1.62 bits per heavy atom. The van der Waals surface area contributed by atoms with E-state index in [1.807, 2.05) is 0 Å². The molecular formula is C21H29NO12. The van der Waals surface area contributed by atoms with Crippen LogP contribution < -0.4 is 5.32 Å². The first-order valence-corrected chi connectivity index (χ1v) is 10.1. The standard InChI is InChI=1S/C21H29NO12/c1-11(24)22-17-16(32-13(3)26)10-21(30-6,20(28)29-5)34-19(17)18(33-14(4)27)15(8-7-9-23)31-12(2)25/h7-9,15-19H,10H2,1-6H3,(H,22,24)/b8-7+/t15-,16+,17-,18-,19-,21+/m1/s1. The summed E-state index contributed by atoms with van der Waals surface area (Å²) in [4.78, 5) is 71.1. The van der Waals surface area contributed by atoms with Crippen molar-refractivity contribution in [2.45, 2.75) is 70.4 Å². The fourth-order valence-electron chi connectivity index (χ4n) is 3.53. The van der Waals surface area contributed by atoms with Gasteiger partial charge in [0.15, 0.2) is 12.2 Å². The summed E-state index contributed by atoms with van der Waals surface area (Å²) in [6.45, 7) is 4.43. The highest BCUT2D eigenvalue weighted by Gasteiger charge is 2.58. The van der Waals surface area contributed by atoms with Crippen molar-refractivity contribution >= 4 is 36.1 Å². The lowest BCUT2D eigenvalue weighted by Crippen LogP contribution is -2.68. The molecular weight excluding hydrogens is 458 g/mol. The third-order valence-electron chi connectivity index (χ3n) is 4.70. The van der Waals surface area contributed by atoms with E-state index in [9.17, 15) is 28.8 Å². The molecule has 0 aromatic carbocycles. The van der Waals surface area contributed by atoms with Crippen LogP contribution in [0, 0.1) is 0 Å². The Hall–Kier alpha value is -3.32. The van der Waals surface area contributed by atoms with Gasteiger partial charge in [0, 0.05) is 34.8 Å². The predicted octanol–water partition coefficient (Wildman–Crippen LogP) is -0.654. The monoisotopic (exact) mass is 487 g/mol. The average Bonchev–Trinajstić information content (AvgIpc) is 2.74. The van der Waals surface area contributed by atoms with E-state index in [1.54, 1.807) is 0 Å². The van der Waals surface area contributed by atoms with Gasteiger partial charge in [0.1, 0.15) is 18.5 Å². The van der Waals surface area contributed by atoms with Crippen LogP contribution in [0.25, 0.3) is 0 Å². The van der Waals surface area contributed by atoms with Crippen LogP contribution in [-0.2, 0) is 57.2 Å². The van der Waals surface area contributed by atoms with E-state index in [0.29, 0.717) is 6.29 Å². The molecule has 0 aromatic rings. The maximum absolute atomic E-state index is 12.6. The Labute approximate surface area is 196 Å². The normalized spacial score (nSPS) is 26.0. The predicted molar refractivity (Wildman–Crippen MR) is 111 cm³/mol. The van der Waals surface area contributed by atoms with Crippen LogP contribution in [-0.4, -0.2) is 86.5 Å². The second-order valence-electron chi connectivity index (χ2n) is 7.28. The Balaban J connectivity index is 3.75. The molecule has 0 radical (unpaired) electrons. The zero-order valence-corrected chi connectivity index (χ0v) is 19.7. The summed E-state index contributed by atoms with van der Waals surface area (Å²) in [6, 6.07) is -1.21. The first kappa shape index (κ1) is 28.7. The van der Waals surface area contributed by atoms with E-state index >= 15 is 0 Å². The van der Waals surface area contributed by atoms with E-state index in [4.69, 9.17) is 28.4 Å². The van der Waals surface area contributed by atoms with Gasteiger partial charge in [0.2, 0.25) is 5.91 Å². The van der Waals surface area contributed by atoms with Gasteiger partial charge >= 0.3 is 23.9 Å². The van der Waals surface area contributed by atoms with E-state index in [2.05, 4.69) is 5.32 Å². The number of nitrogens with one attached hydrogen (secondary N) is 1. The molecule has 0 aliphatic carbocycles. The molecule has 13 heteroatoms. The largest absolute Gasteiger partial charge is 0.465 e. The van der Waals surface area contributed by atoms with Gasteiger partial charge in [0.05, 0.1) is 19.6 Å². The lowest BCUT2D eigenvalue weighted by Gasteiger charge is -2.48. The maximum Gasteiger partial charge on any atom is 0.366 e. The lowest BCUT2D eigenvalue weighted by atomic mass is 9.87. The highest BCUT2D eigenvalue weighted by atomic mass is 16.7. The summed E-state index contributed by atoms with van der Waals surface area (Å²) in [5.41, 5.74) is 0.